The number of ketones is 1. The number of aromatic nitrogens is 1. The lowest BCUT2D eigenvalue weighted by atomic mass is 10.1. The van der Waals surface area contributed by atoms with E-state index in [4.69, 9.17) is 15.1 Å². The smallest absolute Gasteiger partial charge is 0.182 e. The van der Waals surface area contributed by atoms with E-state index in [0.29, 0.717) is 29.6 Å². The number of fused-ring (bicyclic) bond motifs is 1. The summed E-state index contributed by atoms with van der Waals surface area (Å²) in [6.07, 6.45) is 2.36. The number of hydrogen-bond donors (Lipinski definition) is 1. The minimum atomic E-state index is -0.0357. The minimum absolute atomic E-state index is 0. The van der Waals surface area contributed by atoms with Crippen molar-refractivity contribution in [2.24, 2.45) is 0 Å². The fraction of sp³-hybridized carbons (Fsp3) is 0.381. The Kier molecular flexibility index (Phi) is 6.33. The van der Waals surface area contributed by atoms with Gasteiger partial charge >= 0.3 is 0 Å². The summed E-state index contributed by atoms with van der Waals surface area (Å²) in [5.41, 5.74) is 4.24. The summed E-state index contributed by atoms with van der Waals surface area (Å²) in [6, 6.07) is 7.74. The maximum atomic E-state index is 13.0. The number of halogens is 2. The van der Waals surface area contributed by atoms with Crippen LogP contribution in [0.15, 0.2) is 28.7 Å². The highest BCUT2D eigenvalue weighted by atomic mass is 79.9. The number of nitrogens with zero attached hydrogens (tertiary/aromatic N) is 3. The van der Waals surface area contributed by atoms with Gasteiger partial charge in [0, 0.05) is 43.4 Å². The molecule has 0 spiro atoms. The number of Topliss-reactive ketones (excluding diaryl/α,β-unsaturated/α-hetero) is 1. The summed E-state index contributed by atoms with van der Waals surface area (Å²) in [4.78, 5) is 21.4. The van der Waals surface area contributed by atoms with Gasteiger partial charge in [-0.2, -0.15) is 0 Å². The van der Waals surface area contributed by atoms with Crippen LogP contribution < -0.4 is 9.64 Å². The lowest BCUT2D eigenvalue weighted by Gasteiger charge is -2.20. The van der Waals surface area contributed by atoms with E-state index in [-0.39, 0.29) is 29.3 Å². The summed E-state index contributed by atoms with van der Waals surface area (Å²) in [5, 5.41) is 8.49. The first-order chi connectivity index (χ1) is 13.4. The summed E-state index contributed by atoms with van der Waals surface area (Å²) in [6.45, 7) is 0.704. The molecule has 0 unspecified atom stereocenters. The maximum Gasteiger partial charge on any atom is 0.182 e. The number of benzene rings is 1. The van der Waals surface area contributed by atoms with E-state index in [1.54, 1.807) is 18.1 Å². The number of anilines is 1. The van der Waals surface area contributed by atoms with Gasteiger partial charge in [0.15, 0.2) is 11.5 Å². The molecule has 1 aromatic heterocycles. The van der Waals surface area contributed by atoms with Gasteiger partial charge in [-0.1, -0.05) is 6.07 Å². The van der Waals surface area contributed by atoms with Gasteiger partial charge in [-0.15, -0.1) is 17.0 Å². The van der Waals surface area contributed by atoms with E-state index in [2.05, 4.69) is 28.1 Å². The average molecular weight is 524 g/mol. The Hall–Kier alpha value is -1.93. The van der Waals surface area contributed by atoms with Gasteiger partial charge in [-0.05, 0) is 47.0 Å². The molecule has 2 heterocycles. The van der Waals surface area contributed by atoms with Crippen molar-refractivity contribution in [3.8, 4) is 5.75 Å². The molecule has 2 aromatic rings. The van der Waals surface area contributed by atoms with Gasteiger partial charge in [-0.25, -0.2) is 4.98 Å². The van der Waals surface area contributed by atoms with Crippen molar-refractivity contribution in [1.82, 2.24) is 9.88 Å². The first-order valence-corrected chi connectivity index (χ1v) is 10.1. The third kappa shape index (κ3) is 4.19. The minimum Gasteiger partial charge on any atom is -0.493 e. The number of pyridine rings is 1. The van der Waals surface area contributed by atoms with Crippen molar-refractivity contribution in [1.29, 1.82) is 5.41 Å². The van der Waals surface area contributed by atoms with Gasteiger partial charge in [0.2, 0.25) is 0 Å². The SMILES string of the molecule is Br.COc1c(Br)cc(C(=O)CN2Cc3ccc(C4CC4)nc3C2=N)cc1N(C)C. The second kappa shape index (κ2) is 8.44. The quantitative estimate of drug-likeness (QED) is 0.568. The molecule has 0 atom stereocenters. The zero-order valence-electron chi connectivity index (χ0n) is 16.7. The molecule has 6 nitrogen and oxygen atoms in total. The summed E-state index contributed by atoms with van der Waals surface area (Å²) < 4.78 is 6.18. The molecule has 154 valence electrons. The van der Waals surface area contributed by atoms with Crippen LogP contribution in [0, 0.1) is 5.41 Å². The zero-order valence-corrected chi connectivity index (χ0v) is 20.0. The van der Waals surface area contributed by atoms with E-state index in [1.165, 1.54) is 12.8 Å². The second-order valence-corrected chi connectivity index (χ2v) is 8.41. The third-order valence-corrected chi connectivity index (χ3v) is 5.85. The molecule has 1 N–H and O–H groups in total. The number of methoxy groups -OCH3 is 1. The molecule has 0 radical (unpaired) electrons. The number of ether oxygens (including phenoxy) is 1. The highest BCUT2D eigenvalue weighted by Gasteiger charge is 2.31. The maximum absolute atomic E-state index is 13.0. The molecular weight excluding hydrogens is 500 g/mol. The number of amidine groups is 1. The molecule has 8 heteroatoms. The monoisotopic (exact) mass is 522 g/mol. The van der Waals surface area contributed by atoms with Crippen molar-refractivity contribution in [2.45, 2.75) is 25.3 Å². The predicted octanol–water partition coefficient (Wildman–Crippen LogP) is 4.40. The molecule has 1 aliphatic heterocycles. The van der Waals surface area contributed by atoms with Gasteiger partial charge < -0.3 is 14.5 Å². The molecule has 0 bridgehead atoms. The largest absolute Gasteiger partial charge is 0.493 e. The Morgan fingerprint density at radius 3 is 2.69 bits per heavy atom. The van der Waals surface area contributed by atoms with Crippen molar-refractivity contribution in [3.05, 3.63) is 51.3 Å². The third-order valence-electron chi connectivity index (χ3n) is 5.26. The van der Waals surface area contributed by atoms with Crippen LogP contribution in [-0.2, 0) is 6.54 Å². The van der Waals surface area contributed by atoms with Crippen LogP contribution >= 0.6 is 32.9 Å². The molecule has 2 aliphatic rings. The van der Waals surface area contributed by atoms with E-state index in [0.717, 1.165) is 27.1 Å². The highest BCUT2D eigenvalue weighted by Crippen LogP contribution is 2.40. The summed E-state index contributed by atoms with van der Waals surface area (Å²) in [7, 11) is 5.43. The normalized spacial score (nSPS) is 15.0. The Morgan fingerprint density at radius 1 is 1.34 bits per heavy atom. The Bertz CT molecular complexity index is 973. The van der Waals surface area contributed by atoms with Gasteiger partial charge in [0.25, 0.3) is 0 Å². The lowest BCUT2D eigenvalue weighted by Crippen LogP contribution is -2.30. The molecular formula is C21H24Br2N4O2. The molecule has 0 amide bonds. The number of nitrogens with one attached hydrogen (secondary N) is 1. The number of carbonyl (C=O) groups excluding carboxylic acids is 1. The Morgan fingerprint density at radius 2 is 2.07 bits per heavy atom. The number of hydrogen-bond acceptors (Lipinski definition) is 5. The van der Waals surface area contributed by atoms with Crippen LogP contribution in [0.3, 0.4) is 0 Å². The van der Waals surface area contributed by atoms with Gasteiger partial charge in [0.1, 0.15) is 11.5 Å². The summed E-state index contributed by atoms with van der Waals surface area (Å²) in [5.74, 6) is 1.55. The van der Waals surface area contributed by atoms with Crippen molar-refractivity contribution in [3.63, 3.8) is 0 Å². The van der Waals surface area contributed by atoms with E-state index in [1.807, 2.05) is 25.1 Å². The lowest BCUT2D eigenvalue weighted by molar-refractivity contribution is 0.0962. The molecule has 1 saturated carbocycles. The van der Waals surface area contributed by atoms with Crippen LogP contribution in [-0.4, -0.2) is 49.3 Å². The Labute approximate surface area is 189 Å². The van der Waals surface area contributed by atoms with Gasteiger partial charge in [0.05, 0.1) is 23.8 Å². The first-order valence-electron chi connectivity index (χ1n) is 9.30. The van der Waals surface area contributed by atoms with E-state index < -0.39 is 0 Å². The number of carbonyl (C=O) groups is 1. The topological polar surface area (TPSA) is 69.5 Å². The van der Waals surface area contributed by atoms with Crippen LogP contribution in [0.4, 0.5) is 5.69 Å². The molecule has 1 aliphatic carbocycles. The van der Waals surface area contributed by atoms with Crippen molar-refractivity contribution < 1.29 is 9.53 Å². The van der Waals surface area contributed by atoms with Crippen molar-refractivity contribution in [2.75, 3.05) is 32.6 Å². The van der Waals surface area contributed by atoms with Crippen LogP contribution in [0.2, 0.25) is 0 Å². The fourth-order valence-corrected chi connectivity index (χ4v) is 4.16. The predicted molar refractivity (Wildman–Crippen MR) is 123 cm³/mol. The van der Waals surface area contributed by atoms with Crippen LogP contribution in [0.1, 0.15) is 46.1 Å². The summed E-state index contributed by atoms with van der Waals surface area (Å²) >= 11 is 3.50. The fourth-order valence-electron chi connectivity index (χ4n) is 3.55. The molecule has 1 aromatic carbocycles. The molecule has 29 heavy (non-hydrogen) atoms. The van der Waals surface area contributed by atoms with E-state index in [9.17, 15) is 4.79 Å². The molecule has 0 saturated heterocycles. The van der Waals surface area contributed by atoms with Crippen LogP contribution in [0.25, 0.3) is 0 Å². The molecule has 1 fully saturated rings. The highest BCUT2D eigenvalue weighted by molar-refractivity contribution is 9.10. The average Bonchev–Trinajstić information content (AvgIpc) is 3.47. The Balaban J connectivity index is 0.00000240. The molecule has 4 rings (SSSR count). The van der Waals surface area contributed by atoms with Crippen molar-refractivity contribution >= 4 is 50.2 Å². The van der Waals surface area contributed by atoms with Gasteiger partial charge in [-0.3, -0.25) is 10.2 Å². The standard InChI is InChI=1S/C21H23BrN4O2.BrH/c1-25(2)17-9-14(8-15(22)20(17)28-3)18(27)11-26-10-13-6-7-16(12-4-5-12)24-19(13)21(26)23;/h6-9,12,23H,4-5,10-11H2,1-3H3;1H. The van der Waals surface area contributed by atoms with Crippen LogP contribution in [0.5, 0.6) is 5.75 Å². The van der Waals surface area contributed by atoms with E-state index >= 15 is 0 Å². The number of rotatable bonds is 6. The first kappa shape index (κ1) is 21.8. The second-order valence-electron chi connectivity index (χ2n) is 7.55. The zero-order chi connectivity index (χ0) is 20.0.